The highest BCUT2D eigenvalue weighted by atomic mass is 19.4. The zero-order valence-electron chi connectivity index (χ0n) is 7.28. The van der Waals surface area contributed by atoms with E-state index in [1.807, 2.05) is 0 Å². The van der Waals surface area contributed by atoms with Gasteiger partial charge < -0.3 is 0 Å². The molecule has 0 aliphatic heterocycles. The fraction of sp³-hybridized carbons (Fsp3) is 0.286. The highest BCUT2D eigenvalue weighted by molar-refractivity contribution is 5.38. The molecule has 1 aromatic heterocycles. The third-order valence-corrected chi connectivity index (χ3v) is 1.47. The largest absolute Gasteiger partial charge is 0.434 e. The van der Waals surface area contributed by atoms with Crippen LogP contribution in [-0.4, -0.2) is 23.7 Å². The van der Waals surface area contributed by atoms with E-state index >= 15 is 0 Å². The summed E-state index contributed by atoms with van der Waals surface area (Å²) in [4.78, 5) is 6.73. The molecule has 0 saturated heterocycles. The first-order valence-electron chi connectivity index (χ1n) is 3.54. The second kappa shape index (κ2) is 3.60. The SMILES string of the molecule is C=NN(C)c1cnc(C(F)(F)F)cn1. The molecular weight excluding hydrogens is 197 g/mol. The summed E-state index contributed by atoms with van der Waals surface area (Å²) >= 11 is 0. The van der Waals surface area contributed by atoms with Gasteiger partial charge in [-0.2, -0.15) is 18.3 Å². The molecule has 0 atom stereocenters. The van der Waals surface area contributed by atoms with Crippen LogP contribution in [0.2, 0.25) is 0 Å². The maximum atomic E-state index is 12.1. The van der Waals surface area contributed by atoms with Gasteiger partial charge in [0.25, 0.3) is 0 Å². The second-order valence-corrected chi connectivity index (χ2v) is 2.42. The maximum absolute atomic E-state index is 12.1. The minimum atomic E-state index is -4.47. The highest BCUT2D eigenvalue weighted by Crippen LogP contribution is 2.27. The van der Waals surface area contributed by atoms with Crippen LogP contribution in [0.25, 0.3) is 0 Å². The lowest BCUT2D eigenvalue weighted by molar-refractivity contribution is -0.141. The van der Waals surface area contributed by atoms with Gasteiger partial charge in [-0.1, -0.05) is 0 Å². The zero-order valence-corrected chi connectivity index (χ0v) is 7.28. The summed E-state index contributed by atoms with van der Waals surface area (Å²) in [5, 5.41) is 4.67. The van der Waals surface area contributed by atoms with Crippen LogP contribution < -0.4 is 5.01 Å². The average Bonchev–Trinajstić information content (AvgIpc) is 2.15. The Morgan fingerprint density at radius 3 is 2.36 bits per heavy atom. The summed E-state index contributed by atoms with van der Waals surface area (Å²) in [6.07, 6.45) is -2.83. The first-order valence-corrected chi connectivity index (χ1v) is 3.54. The van der Waals surface area contributed by atoms with Crippen molar-refractivity contribution in [2.45, 2.75) is 6.18 Å². The molecule has 4 nitrogen and oxygen atoms in total. The van der Waals surface area contributed by atoms with E-state index in [0.29, 0.717) is 6.20 Å². The maximum Gasteiger partial charge on any atom is 0.434 e. The lowest BCUT2D eigenvalue weighted by Gasteiger charge is -2.11. The molecule has 0 aliphatic carbocycles. The van der Waals surface area contributed by atoms with Crippen LogP contribution in [0.15, 0.2) is 17.5 Å². The van der Waals surface area contributed by atoms with Crippen molar-refractivity contribution >= 4 is 12.5 Å². The van der Waals surface area contributed by atoms with E-state index in [1.165, 1.54) is 12.1 Å². The van der Waals surface area contributed by atoms with E-state index in [4.69, 9.17) is 0 Å². The van der Waals surface area contributed by atoms with Crippen molar-refractivity contribution in [3.8, 4) is 0 Å². The minimum absolute atomic E-state index is 0.202. The van der Waals surface area contributed by atoms with Crippen molar-refractivity contribution in [2.24, 2.45) is 5.10 Å². The number of aromatic nitrogens is 2. The van der Waals surface area contributed by atoms with Gasteiger partial charge in [0.15, 0.2) is 11.5 Å². The van der Waals surface area contributed by atoms with Crippen molar-refractivity contribution < 1.29 is 13.2 Å². The lowest BCUT2D eigenvalue weighted by atomic mass is 10.4. The van der Waals surface area contributed by atoms with Crippen molar-refractivity contribution in [2.75, 3.05) is 12.1 Å². The Morgan fingerprint density at radius 2 is 2.00 bits per heavy atom. The standard InChI is InChI=1S/C7H7F3N4/c1-11-14(2)6-4-12-5(3-13-6)7(8,9)10/h3-4H,1H2,2H3. The monoisotopic (exact) mass is 204 g/mol. The number of hydrazone groups is 1. The number of hydrogen-bond acceptors (Lipinski definition) is 4. The minimum Gasteiger partial charge on any atom is -0.250 e. The van der Waals surface area contributed by atoms with E-state index < -0.39 is 11.9 Å². The summed E-state index contributed by atoms with van der Waals surface area (Å²) < 4.78 is 36.2. The highest BCUT2D eigenvalue weighted by Gasteiger charge is 2.32. The molecule has 0 fully saturated rings. The zero-order chi connectivity index (χ0) is 10.8. The molecule has 7 heteroatoms. The van der Waals surface area contributed by atoms with Crippen LogP contribution in [0, 0.1) is 0 Å². The Morgan fingerprint density at radius 1 is 1.36 bits per heavy atom. The van der Waals surface area contributed by atoms with Crippen molar-refractivity contribution in [3.63, 3.8) is 0 Å². The Kier molecular flexibility index (Phi) is 2.68. The molecule has 1 heterocycles. The average molecular weight is 204 g/mol. The lowest BCUT2D eigenvalue weighted by Crippen LogP contribution is -2.13. The van der Waals surface area contributed by atoms with Gasteiger partial charge >= 0.3 is 6.18 Å². The predicted octanol–water partition coefficient (Wildman–Crippen LogP) is 1.55. The van der Waals surface area contributed by atoms with Crippen molar-refractivity contribution in [1.82, 2.24) is 9.97 Å². The molecule has 0 spiro atoms. The Bertz CT molecular complexity index is 319. The van der Waals surface area contributed by atoms with Crippen LogP contribution in [-0.2, 0) is 6.18 Å². The van der Waals surface area contributed by atoms with E-state index in [2.05, 4.69) is 21.8 Å². The van der Waals surface area contributed by atoms with Gasteiger partial charge in [0, 0.05) is 13.8 Å². The molecule has 0 bridgehead atoms. The topological polar surface area (TPSA) is 41.4 Å². The van der Waals surface area contributed by atoms with Crippen LogP contribution in [0.1, 0.15) is 5.69 Å². The molecule has 0 aromatic carbocycles. The summed E-state index contributed by atoms with van der Waals surface area (Å²) in [6.45, 7) is 3.19. The molecule has 1 rings (SSSR count). The predicted molar refractivity (Wildman–Crippen MR) is 45.0 cm³/mol. The fourth-order valence-electron chi connectivity index (χ4n) is 0.707. The van der Waals surface area contributed by atoms with Gasteiger partial charge in [-0.25, -0.2) is 9.97 Å². The van der Waals surface area contributed by atoms with E-state index in [0.717, 1.165) is 6.20 Å². The van der Waals surface area contributed by atoms with Crippen LogP contribution in [0.5, 0.6) is 0 Å². The Balaban J connectivity index is 2.95. The van der Waals surface area contributed by atoms with Crippen molar-refractivity contribution in [3.05, 3.63) is 18.1 Å². The molecule has 0 aliphatic rings. The smallest absolute Gasteiger partial charge is 0.250 e. The summed E-state index contributed by atoms with van der Waals surface area (Å²) in [7, 11) is 1.50. The van der Waals surface area contributed by atoms with Crippen LogP contribution >= 0.6 is 0 Å². The number of nitrogens with zero attached hydrogens (tertiary/aromatic N) is 4. The van der Waals surface area contributed by atoms with Gasteiger partial charge in [-0.05, 0) is 0 Å². The third kappa shape index (κ3) is 2.18. The van der Waals surface area contributed by atoms with Crippen LogP contribution in [0.3, 0.4) is 0 Å². The summed E-state index contributed by atoms with van der Waals surface area (Å²) in [6, 6.07) is 0. The summed E-state index contributed by atoms with van der Waals surface area (Å²) in [5.41, 5.74) is -1.03. The van der Waals surface area contributed by atoms with E-state index in [-0.39, 0.29) is 5.82 Å². The molecule has 14 heavy (non-hydrogen) atoms. The van der Waals surface area contributed by atoms with Gasteiger partial charge in [-0.3, -0.25) is 5.01 Å². The number of halogens is 3. The summed E-state index contributed by atoms with van der Waals surface area (Å²) in [5.74, 6) is 0.202. The van der Waals surface area contributed by atoms with Gasteiger partial charge in [0.2, 0.25) is 0 Å². The van der Waals surface area contributed by atoms with Crippen molar-refractivity contribution in [1.29, 1.82) is 0 Å². The molecule has 76 valence electrons. The first-order chi connectivity index (χ1) is 6.45. The normalized spacial score (nSPS) is 11.1. The number of rotatable bonds is 2. The first kappa shape index (κ1) is 10.4. The molecular formula is C7H7F3N4. The molecule has 0 unspecified atom stereocenters. The molecule has 0 saturated carbocycles. The molecule has 0 radical (unpaired) electrons. The Labute approximate surface area is 78.1 Å². The second-order valence-electron chi connectivity index (χ2n) is 2.42. The quantitative estimate of drug-likeness (QED) is 0.542. The molecule has 1 aromatic rings. The Hall–Kier alpha value is -1.66. The van der Waals surface area contributed by atoms with Gasteiger partial charge in [-0.15, -0.1) is 0 Å². The fourth-order valence-corrected chi connectivity index (χ4v) is 0.707. The third-order valence-electron chi connectivity index (χ3n) is 1.47. The van der Waals surface area contributed by atoms with E-state index in [1.54, 1.807) is 0 Å². The molecule has 0 amide bonds. The number of anilines is 1. The molecule has 0 N–H and O–H groups in total. The van der Waals surface area contributed by atoms with Gasteiger partial charge in [0.1, 0.15) is 0 Å². The number of hydrogen-bond donors (Lipinski definition) is 0. The van der Waals surface area contributed by atoms with Crippen LogP contribution in [0.4, 0.5) is 19.0 Å². The van der Waals surface area contributed by atoms with Gasteiger partial charge in [0.05, 0.1) is 12.4 Å². The number of alkyl halides is 3. The van der Waals surface area contributed by atoms with E-state index in [9.17, 15) is 13.2 Å².